The summed E-state index contributed by atoms with van der Waals surface area (Å²) in [5.74, 6) is 0. The molecule has 0 bridgehead atoms. The van der Waals surface area contributed by atoms with Crippen LogP contribution in [-0.4, -0.2) is 36.9 Å². The minimum absolute atomic E-state index is 0.566. The maximum absolute atomic E-state index is 11.9. The first kappa shape index (κ1) is 23.5. The first-order valence-corrected chi connectivity index (χ1v) is 13.3. The van der Waals surface area contributed by atoms with Crippen LogP contribution in [0.5, 0.6) is 0 Å². The van der Waals surface area contributed by atoms with E-state index >= 15 is 0 Å². The van der Waals surface area contributed by atoms with Crippen LogP contribution in [-0.2, 0) is 15.4 Å². The number of nitriles is 1. The lowest BCUT2D eigenvalue weighted by Crippen LogP contribution is -2.24. The standard InChI is InChI=1S/C28H25N5O2S/c1-28(2,17-29)21-10-5-19(6-11-21)27-26-23-15-20(9-14-24(23)30-16-25(26)31-32-27)18-7-12-22(13-8-18)33(3)36(4,34)35/h5-16H,1-4H3,(H,31,32). The molecule has 0 atom stereocenters. The van der Waals surface area contributed by atoms with Gasteiger partial charge in [0.25, 0.3) is 0 Å². The highest BCUT2D eigenvalue weighted by Crippen LogP contribution is 2.35. The molecule has 0 radical (unpaired) electrons. The summed E-state index contributed by atoms with van der Waals surface area (Å²) >= 11 is 0. The summed E-state index contributed by atoms with van der Waals surface area (Å²) in [6.45, 7) is 3.80. The Morgan fingerprint density at radius 2 is 1.58 bits per heavy atom. The average Bonchev–Trinajstić information content (AvgIpc) is 3.32. The van der Waals surface area contributed by atoms with Gasteiger partial charge in [-0.25, -0.2) is 8.42 Å². The molecule has 0 spiro atoms. The van der Waals surface area contributed by atoms with E-state index in [0.717, 1.165) is 49.8 Å². The number of rotatable bonds is 5. The lowest BCUT2D eigenvalue weighted by atomic mass is 9.86. The van der Waals surface area contributed by atoms with Crippen molar-refractivity contribution in [1.29, 1.82) is 5.26 Å². The Balaban J connectivity index is 1.60. The molecule has 0 amide bonds. The predicted octanol–water partition coefficient (Wildman–Crippen LogP) is 5.64. The molecule has 0 saturated heterocycles. The summed E-state index contributed by atoms with van der Waals surface area (Å²) in [5, 5.41) is 19.1. The van der Waals surface area contributed by atoms with Crippen molar-refractivity contribution in [3.8, 4) is 28.5 Å². The molecular weight excluding hydrogens is 470 g/mol. The van der Waals surface area contributed by atoms with E-state index in [1.807, 2.05) is 62.4 Å². The van der Waals surface area contributed by atoms with E-state index in [1.54, 1.807) is 18.3 Å². The molecule has 8 heteroatoms. The maximum Gasteiger partial charge on any atom is 0.231 e. The molecule has 0 aliphatic carbocycles. The van der Waals surface area contributed by atoms with E-state index in [1.165, 1.54) is 17.6 Å². The Kier molecular flexibility index (Phi) is 5.53. The fourth-order valence-corrected chi connectivity index (χ4v) is 4.76. The Morgan fingerprint density at radius 1 is 0.944 bits per heavy atom. The number of sulfonamides is 1. The summed E-state index contributed by atoms with van der Waals surface area (Å²) < 4.78 is 25.0. The van der Waals surface area contributed by atoms with Crippen molar-refractivity contribution in [2.24, 2.45) is 0 Å². The number of pyridine rings is 1. The van der Waals surface area contributed by atoms with E-state index in [2.05, 4.69) is 27.3 Å². The Labute approximate surface area is 210 Å². The third kappa shape index (κ3) is 4.08. The van der Waals surface area contributed by atoms with Crippen molar-refractivity contribution in [2.45, 2.75) is 19.3 Å². The number of fused-ring (bicyclic) bond motifs is 3. The molecule has 1 N–H and O–H groups in total. The van der Waals surface area contributed by atoms with Crippen LogP contribution < -0.4 is 4.31 Å². The number of benzene rings is 3. The van der Waals surface area contributed by atoms with Gasteiger partial charge in [-0.3, -0.25) is 14.4 Å². The van der Waals surface area contributed by atoms with Crippen LogP contribution in [0.2, 0.25) is 0 Å². The van der Waals surface area contributed by atoms with Crippen LogP contribution in [0.25, 0.3) is 44.2 Å². The van der Waals surface area contributed by atoms with Crippen LogP contribution in [0.3, 0.4) is 0 Å². The van der Waals surface area contributed by atoms with Gasteiger partial charge in [0, 0.05) is 23.4 Å². The number of anilines is 1. The Morgan fingerprint density at radius 3 is 2.22 bits per heavy atom. The van der Waals surface area contributed by atoms with Gasteiger partial charge in [-0.2, -0.15) is 10.4 Å². The minimum Gasteiger partial charge on any atom is -0.276 e. The number of aromatic amines is 1. The van der Waals surface area contributed by atoms with Crippen molar-refractivity contribution in [3.05, 3.63) is 78.5 Å². The van der Waals surface area contributed by atoms with Gasteiger partial charge in [-0.1, -0.05) is 42.5 Å². The smallest absolute Gasteiger partial charge is 0.231 e. The molecule has 5 aromatic rings. The SMILES string of the molecule is CN(c1ccc(-c2ccc3ncc4[nH]nc(-c5ccc(C(C)(C)C#N)cc5)c4c3c2)cc1)S(C)(=O)=O. The van der Waals surface area contributed by atoms with Crippen LogP contribution in [0.1, 0.15) is 19.4 Å². The molecule has 0 aliphatic rings. The zero-order chi connectivity index (χ0) is 25.7. The monoisotopic (exact) mass is 495 g/mol. The van der Waals surface area contributed by atoms with Crippen LogP contribution in [0.15, 0.2) is 72.9 Å². The number of nitrogens with one attached hydrogen (secondary N) is 1. The van der Waals surface area contributed by atoms with E-state index < -0.39 is 15.4 Å². The van der Waals surface area contributed by atoms with E-state index in [0.29, 0.717) is 5.69 Å². The first-order valence-electron chi connectivity index (χ1n) is 11.4. The van der Waals surface area contributed by atoms with E-state index in [4.69, 9.17) is 0 Å². The van der Waals surface area contributed by atoms with Crippen molar-refractivity contribution in [2.75, 3.05) is 17.6 Å². The predicted molar refractivity (Wildman–Crippen MR) is 144 cm³/mol. The van der Waals surface area contributed by atoms with Gasteiger partial charge in [0.1, 0.15) is 5.69 Å². The third-order valence-corrected chi connectivity index (χ3v) is 7.82. The molecule has 2 heterocycles. The number of hydrogen-bond donors (Lipinski definition) is 1. The van der Waals surface area contributed by atoms with Crippen LogP contribution in [0.4, 0.5) is 5.69 Å². The van der Waals surface area contributed by atoms with Gasteiger partial charge in [-0.15, -0.1) is 0 Å². The average molecular weight is 496 g/mol. The van der Waals surface area contributed by atoms with E-state index in [-0.39, 0.29) is 0 Å². The number of H-pyrrole nitrogens is 1. The summed E-state index contributed by atoms with van der Waals surface area (Å²) in [6, 6.07) is 23.8. The second-order valence-corrected chi connectivity index (χ2v) is 11.5. The van der Waals surface area contributed by atoms with Crippen molar-refractivity contribution >= 4 is 37.5 Å². The summed E-state index contributed by atoms with van der Waals surface area (Å²) in [4.78, 5) is 4.59. The van der Waals surface area contributed by atoms with Gasteiger partial charge < -0.3 is 0 Å². The number of nitrogens with zero attached hydrogens (tertiary/aromatic N) is 4. The second kappa shape index (κ2) is 8.47. The summed E-state index contributed by atoms with van der Waals surface area (Å²) in [6.07, 6.45) is 2.97. The maximum atomic E-state index is 11.9. The number of aromatic nitrogens is 3. The lowest BCUT2D eigenvalue weighted by molar-refractivity contribution is 0.600. The van der Waals surface area contributed by atoms with E-state index in [9.17, 15) is 13.7 Å². The van der Waals surface area contributed by atoms with Gasteiger partial charge in [0.2, 0.25) is 10.0 Å². The van der Waals surface area contributed by atoms with Crippen LogP contribution in [0, 0.1) is 11.3 Å². The molecule has 2 aromatic heterocycles. The molecule has 0 aliphatic heterocycles. The van der Waals surface area contributed by atoms with Crippen molar-refractivity contribution in [3.63, 3.8) is 0 Å². The third-order valence-electron chi connectivity index (χ3n) is 6.61. The minimum atomic E-state index is -3.33. The molecular formula is C28H25N5O2S. The Bertz CT molecular complexity index is 1750. The molecule has 0 fully saturated rings. The summed E-state index contributed by atoms with van der Waals surface area (Å²) in [7, 11) is -1.79. The van der Waals surface area contributed by atoms with Gasteiger partial charge in [0.05, 0.1) is 40.7 Å². The quantitative estimate of drug-likeness (QED) is 0.340. The second-order valence-electron chi connectivity index (χ2n) is 9.44. The highest BCUT2D eigenvalue weighted by molar-refractivity contribution is 7.92. The number of hydrogen-bond acceptors (Lipinski definition) is 5. The normalized spacial score (nSPS) is 12.1. The fourth-order valence-electron chi connectivity index (χ4n) is 4.26. The largest absolute Gasteiger partial charge is 0.276 e. The molecule has 3 aromatic carbocycles. The molecule has 7 nitrogen and oxygen atoms in total. The van der Waals surface area contributed by atoms with Gasteiger partial charge in [0.15, 0.2) is 0 Å². The molecule has 180 valence electrons. The van der Waals surface area contributed by atoms with Crippen molar-refractivity contribution in [1.82, 2.24) is 15.2 Å². The molecule has 36 heavy (non-hydrogen) atoms. The highest BCUT2D eigenvalue weighted by atomic mass is 32.2. The molecule has 0 saturated carbocycles. The fraction of sp³-hybridized carbons (Fsp3) is 0.179. The van der Waals surface area contributed by atoms with Gasteiger partial charge in [-0.05, 0) is 54.8 Å². The lowest BCUT2D eigenvalue weighted by Gasteiger charge is -2.17. The first-order chi connectivity index (χ1) is 17.1. The zero-order valence-electron chi connectivity index (χ0n) is 20.4. The van der Waals surface area contributed by atoms with Crippen molar-refractivity contribution < 1.29 is 8.42 Å². The topological polar surface area (TPSA) is 103 Å². The van der Waals surface area contributed by atoms with Gasteiger partial charge >= 0.3 is 0 Å². The molecule has 5 rings (SSSR count). The molecule has 0 unspecified atom stereocenters. The van der Waals surface area contributed by atoms with Crippen LogP contribution >= 0.6 is 0 Å². The highest BCUT2D eigenvalue weighted by Gasteiger charge is 2.20. The zero-order valence-corrected chi connectivity index (χ0v) is 21.3. The summed E-state index contributed by atoms with van der Waals surface area (Å²) in [5.41, 5.74) is 6.40. The Hall–Kier alpha value is -4.22.